The zero-order chi connectivity index (χ0) is 22.0. The fraction of sp³-hybridized carbons (Fsp3) is 0.182. The van der Waals surface area contributed by atoms with Crippen LogP contribution in [0.25, 0.3) is 21.5 Å². The highest BCUT2D eigenvalue weighted by atomic mass is 32.1. The molecule has 2 aromatic heterocycles. The number of fused-ring (bicyclic) bond motifs is 1. The first-order valence-electron chi connectivity index (χ1n) is 9.76. The molecule has 31 heavy (non-hydrogen) atoms. The molecular formula is C22H20N4O4S. The van der Waals surface area contributed by atoms with E-state index >= 15 is 0 Å². The summed E-state index contributed by atoms with van der Waals surface area (Å²) >= 11 is 1.15. The van der Waals surface area contributed by atoms with Crippen LogP contribution in [0.3, 0.4) is 0 Å². The Morgan fingerprint density at radius 2 is 1.87 bits per heavy atom. The van der Waals surface area contributed by atoms with Crippen LogP contribution in [0, 0.1) is 0 Å². The summed E-state index contributed by atoms with van der Waals surface area (Å²) in [5.74, 6) is -0.428. The minimum atomic E-state index is -0.740. The number of nitrogens with one attached hydrogen (secondary N) is 1. The van der Waals surface area contributed by atoms with Gasteiger partial charge in [0, 0.05) is 11.9 Å². The standard InChI is InChI=1S/C22H20N4O4S/c1-3-26-15-11-7-5-9-13(15)18(27)17(21(26)29)19(28)23-22-25-24-20(31-22)14-10-6-8-12-16(14)30-4-2/h5-12,27H,3-4H2,1-2H3,(H,23,25,28). The average molecular weight is 436 g/mol. The zero-order valence-corrected chi connectivity index (χ0v) is 17.8. The number of pyridine rings is 1. The molecule has 0 spiro atoms. The summed E-state index contributed by atoms with van der Waals surface area (Å²) in [6.45, 7) is 4.56. The summed E-state index contributed by atoms with van der Waals surface area (Å²) in [6, 6.07) is 14.3. The number of amides is 1. The molecule has 4 rings (SSSR count). The second-order valence-corrected chi connectivity index (χ2v) is 7.56. The molecule has 0 aliphatic heterocycles. The molecule has 9 heteroatoms. The van der Waals surface area contributed by atoms with E-state index < -0.39 is 11.5 Å². The molecule has 2 aromatic carbocycles. The van der Waals surface area contributed by atoms with Crippen LogP contribution < -0.4 is 15.6 Å². The van der Waals surface area contributed by atoms with E-state index in [9.17, 15) is 14.7 Å². The highest BCUT2D eigenvalue weighted by Crippen LogP contribution is 2.34. The molecule has 0 bridgehead atoms. The molecule has 0 saturated heterocycles. The van der Waals surface area contributed by atoms with E-state index in [1.165, 1.54) is 4.57 Å². The Labute approximate surface area is 181 Å². The largest absolute Gasteiger partial charge is 0.506 e. The lowest BCUT2D eigenvalue weighted by molar-refractivity contribution is 0.102. The highest BCUT2D eigenvalue weighted by molar-refractivity contribution is 7.18. The van der Waals surface area contributed by atoms with Gasteiger partial charge in [-0.3, -0.25) is 14.9 Å². The predicted octanol–water partition coefficient (Wildman–Crippen LogP) is 3.90. The number of hydrogen-bond donors (Lipinski definition) is 2. The highest BCUT2D eigenvalue weighted by Gasteiger charge is 2.23. The maximum Gasteiger partial charge on any atom is 0.267 e. The molecule has 158 valence electrons. The number of nitrogens with zero attached hydrogens (tertiary/aromatic N) is 3. The maximum absolute atomic E-state index is 12.9. The molecule has 1 amide bonds. The first-order chi connectivity index (χ1) is 15.0. The van der Waals surface area contributed by atoms with E-state index in [2.05, 4.69) is 15.5 Å². The molecule has 0 unspecified atom stereocenters. The van der Waals surface area contributed by atoms with Crippen molar-refractivity contribution in [3.63, 3.8) is 0 Å². The summed E-state index contributed by atoms with van der Waals surface area (Å²) in [4.78, 5) is 25.8. The van der Waals surface area contributed by atoms with Crippen molar-refractivity contribution in [2.24, 2.45) is 0 Å². The third-order valence-corrected chi connectivity index (χ3v) is 5.62. The summed E-state index contributed by atoms with van der Waals surface area (Å²) in [5, 5.41) is 22.6. The quantitative estimate of drug-likeness (QED) is 0.475. The first-order valence-corrected chi connectivity index (χ1v) is 10.6. The van der Waals surface area contributed by atoms with Crippen molar-refractivity contribution in [3.8, 4) is 22.1 Å². The van der Waals surface area contributed by atoms with Crippen molar-refractivity contribution in [1.82, 2.24) is 14.8 Å². The number of aryl methyl sites for hydroxylation is 1. The van der Waals surface area contributed by atoms with Gasteiger partial charge in [-0.1, -0.05) is 35.6 Å². The van der Waals surface area contributed by atoms with Gasteiger partial charge in [0.15, 0.2) is 5.01 Å². The van der Waals surface area contributed by atoms with Crippen molar-refractivity contribution in [1.29, 1.82) is 0 Å². The molecule has 0 atom stereocenters. The number of aromatic hydroxyl groups is 1. The minimum Gasteiger partial charge on any atom is -0.506 e. The number of aromatic nitrogens is 3. The maximum atomic E-state index is 12.9. The Hall–Kier alpha value is -3.72. The summed E-state index contributed by atoms with van der Waals surface area (Å²) in [6.07, 6.45) is 0. The van der Waals surface area contributed by atoms with Gasteiger partial charge in [0.2, 0.25) is 5.13 Å². The van der Waals surface area contributed by atoms with Gasteiger partial charge >= 0.3 is 0 Å². The Bertz CT molecular complexity index is 1330. The van der Waals surface area contributed by atoms with Crippen molar-refractivity contribution in [2.75, 3.05) is 11.9 Å². The molecule has 0 radical (unpaired) electrons. The Kier molecular flexibility index (Phi) is 5.68. The van der Waals surface area contributed by atoms with E-state index in [0.717, 1.165) is 16.9 Å². The third-order valence-electron chi connectivity index (χ3n) is 4.75. The van der Waals surface area contributed by atoms with Gasteiger partial charge in [-0.05, 0) is 38.1 Å². The van der Waals surface area contributed by atoms with Gasteiger partial charge in [-0.2, -0.15) is 0 Å². The second kappa shape index (κ2) is 8.57. The number of anilines is 1. The van der Waals surface area contributed by atoms with Gasteiger partial charge in [0.05, 0.1) is 17.7 Å². The Balaban J connectivity index is 1.69. The van der Waals surface area contributed by atoms with Crippen LogP contribution in [0.5, 0.6) is 11.5 Å². The zero-order valence-electron chi connectivity index (χ0n) is 17.0. The van der Waals surface area contributed by atoms with Crippen LogP contribution >= 0.6 is 11.3 Å². The molecule has 8 nitrogen and oxygen atoms in total. The van der Waals surface area contributed by atoms with Gasteiger partial charge in [0.25, 0.3) is 11.5 Å². The molecule has 4 aromatic rings. The number of rotatable bonds is 6. The van der Waals surface area contributed by atoms with Gasteiger partial charge in [-0.15, -0.1) is 10.2 Å². The SMILES string of the molecule is CCOc1ccccc1-c1nnc(NC(=O)c2c(O)c3ccccc3n(CC)c2=O)s1. The number of benzene rings is 2. The number of carbonyl (C=O) groups excluding carboxylic acids is 1. The van der Waals surface area contributed by atoms with Crippen LogP contribution in [0.1, 0.15) is 24.2 Å². The van der Waals surface area contributed by atoms with E-state index in [-0.39, 0.29) is 16.4 Å². The second-order valence-electron chi connectivity index (χ2n) is 6.59. The molecule has 0 fully saturated rings. The lowest BCUT2D eigenvalue weighted by atomic mass is 10.1. The van der Waals surface area contributed by atoms with Gasteiger partial charge in [0.1, 0.15) is 17.1 Å². The molecule has 0 aliphatic rings. The fourth-order valence-corrected chi connectivity index (χ4v) is 4.14. The van der Waals surface area contributed by atoms with E-state index in [1.807, 2.05) is 31.2 Å². The molecule has 2 N–H and O–H groups in total. The third kappa shape index (κ3) is 3.75. The normalized spacial score (nSPS) is 10.9. The van der Waals surface area contributed by atoms with E-state index in [4.69, 9.17) is 4.74 Å². The number of para-hydroxylation sites is 2. The van der Waals surface area contributed by atoms with Crippen LogP contribution in [-0.4, -0.2) is 32.4 Å². The number of ether oxygens (including phenoxy) is 1. The van der Waals surface area contributed by atoms with Gasteiger partial charge in [-0.25, -0.2) is 0 Å². The Morgan fingerprint density at radius 3 is 2.65 bits per heavy atom. The average Bonchev–Trinajstić information content (AvgIpc) is 3.23. The van der Waals surface area contributed by atoms with Crippen LogP contribution in [-0.2, 0) is 6.54 Å². The fourth-order valence-electron chi connectivity index (χ4n) is 3.38. The number of carbonyl (C=O) groups is 1. The molecule has 2 heterocycles. The smallest absolute Gasteiger partial charge is 0.267 e. The predicted molar refractivity (Wildman–Crippen MR) is 120 cm³/mol. The van der Waals surface area contributed by atoms with Crippen molar-refractivity contribution < 1.29 is 14.6 Å². The Morgan fingerprint density at radius 1 is 1.13 bits per heavy atom. The first kappa shape index (κ1) is 20.5. The molecule has 0 saturated carbocycles. The van der Waals surface area contributed by atoms with Crippen molar-refractivity contribution in [3.05, 3.63) is 64.4 Å². The lowest BCUT2D eigenvalue weighted by Gasteiger charge is -2.12. The minimum absolute atomic E-state index is 0.210. The topological polar surface area (TPSA) is 106 Å². The summed E-state index contributed by atoms with van der Waals surface area (Å²) in [7, 11) is 0. The van der Waals surface area contributed by atoms with Crippen LogP contribution in [0.4, 0.5) is 5.13 Å². The molecule has 0 aliphatic carbocycles. The summed E-state index contributed by atoms with van der Waals surface area (Å²) < 4.78 is 7.08. The number of hydrogen-bond acceptors (Lipinski definition) is 7. The molecular weight excluding hydrogens is 416 g/mol. The van der Waals surface area contributed by atoms with E-state index in [1.54, 1.807) is 31.2 Å². The van der Waals surface area contributed by atoms with Crippen LogP contribution in [0.15, 0.2) is 53.3 Å². The lowest BCUT2D eigenvalue weighted by Crippen LogP contribution is -2.29. The monoisotopic (exact) mass is 436 g/mol. The van der Waals surface area contributed by atoms with Crippen molar-refractivity contribution in [2.45, 2.75) is 20.4 Å². The summed E-state index contributed by atoms with van der Waals surface area (Å²) in [5.41, 5.74) is 0.425. The van der Waals surface area contributed by atoms with Crippen LogP contribution in [0.2, 0.25) is 0 Å². The van der Waals surface area contributed by atoms with Crippen molar-refractivity contribution >= 4 is 33.3 Å². The van der Waals surface area contributed by atoms with E-state index in [0.29, 0.717) is 34.8 Å². The van der Waals surface area contributed by atoms with Gasteiger partial charge < -0.3 is 14.4 Å².